The van der Waals surface area contributed by atoms with Crippen LogP contribution in [0.25, 0.3) is 0 Å². The van der Waals surface area contributed by atoms with Gasteiger partial charge >= 0.3 is 6.03 Å². The third-order valence-corrected chi connectivity index (χ3v) is 5.83. The SMILES string of the molecule is CC1(C)CC(NC(=O)C[C@H]2NC(=O)N(Cc3ccc4c(c3)OCO4)C2=O)CC(C)(C)N1. The molecule has 0 saturated carbocycles. The number of hydrogen-bond acceptors (Lipinski definition) is 6. The summed E-state index contributed by atoms with van der Waals surface area (Å²) in [6, 6.07) is 3.95. The van der Waals surface area contributed by atoms with E-state index < -0.39 is 18.0 Å². The van der Waals surface area contributed by atoms with Crippen LogP contribution in [0.1, 0.15) is 52.5 Å². The standard InChI is InChI=1S/C22H30N4O5/c1-21(2)9-14(10-22(3,4)25-21)23-18(27)8-15-19(28)26(20(29)24-15)11-13-5-6-16-17(7-13)31-12-30-16/h5-7,14-15,25H,8-12H2,1-4H3,(H,23,27)(H,24,29)/t15-/m1/s1. The molecule has 0 aromatic heterocycles. The quantitative estimate of drug-likeness (QED) is 0.613. The molecule has 2 saturated heterocycles. The van der Waals surface area contributed by atoms with Gasteiger partial charge in [0.05, 0.1) is 13.0 Å². The Morgan fingerprint density at radius 3 is 2.52 bits per heavy atom. The Hall–Kier alpha value is -2.81. The van der Waals surface area contributed by atoms with Crippen molar-refractivity contribution in [3.8, 4) is 11.5 Å². The van der Waals surface area contributed by atoms with Gasteiger partial charge in [0.15, 0.2) is 11.5 Å². The predicted octanol–water partition coefficient (Wildman–Crippen LogP) is 1.65. The average molecular weight is 431 g/mol. The van der Waals surface area contributed by atoms with Crippen molar-refractivity contribution in [2.45, 2.75) is 76.7 Å². The lowest BCUT2D eigenvalue weighted by Gasteiger charge is -2.46. The van der Waals surface area contributed by atoms with Crippen molar-refractivity contribution in [3.63, 3.8) is 0 Å². The second kappa shape index (κ2) is 7.71. The van der Waals surface area contributed by atoms with Crippen molar-refractivity contribution in [3.05, 3.63) is 23.8 Å². The maximum atomic E-state index is 12.8. The van der Waals surface area contributed by atoms with E-state index in [9.17, 15) is 14.4 Å². The van der Waals surface area contributed by atoms with E-state index in [0.717, 1.165) is 23.3 Å². The maximum absolute atomic E-state index is 12.8. The summed E-state index contributed by atoms with van der Waals surface area (Å²) in [6.45, 7) is 8.72. The molecule has 1 atom stereocenters. The average Bonchev–Trinajstić information content (AvgIpc) is 3.18. The number of carbonyl (C=O) groups excluding carboxylic acids is 3. The Morgan fingerprint density at radius 2 is 1.81 bits per heavy atom. The zero-order chi connectivity index (χ0) is 22.4. The van der Waals surface area contributed by atoms with Crippen LogP contribution in [-0.2, 0) is 16.1 Å². The molecule has 9 heteroatoms. The Labute approximate surface area is 181 Å². The number of nitrogens with zero attached hydrogens (tertiary/aromatic N) is 1. The molecule has 3 aliphatic rings. The first-order valence-electron chi connectivity index (χ1n) is 10.6. The minimum Gasteiger partial charge on any atom is -0.454 e. The van der Waals surface area contributed by atoms with E-state index in [4.69, 9.17) is 9.47 Å². The van der Waals surface area contributed by atoms with Crippen LogP contribution in [0, 0.1) is 0 Å². The Balaban J connectivity index is 1.35. The highest BCUT2D eigenvalue weighted by Crippen LogP contribution is 2.33. The molecule has 3 N–H and O–H groups in total. The van der Waals surface area contributed by atoms with E-state index in [2.05, 4.69) is 43.6 Å². The van der Waals surface area contributed by atoms with Crippen molar-refractivity contribution >= 4 is 17.8 Å². The lowest BCUT2D eigenvalue weighted by molar-refractivity contribution is -0.131. The second-order valence-corrected chi connectivity index (χ2v) is 9.88. The van der Waals surface area contributed by atoms with Crippen LogP contribution in [0.5, 0.6) is 11.5 Å². The lowest BCUT2D eigenvalue weighted by Crippen LogP contribution is -2.62. The van der Waals surface area contributed by atoms with Crippen molar-refractivity contribution in [1.82, 2.24) is 20.9 Å². The second-order valence-electron chi connectivity index (χ2n) is 9.88. The molecule has 31 heavy (non-hydrogen) atoms. The molecule has 4 rings (SSSR count). The summed E-state index contributed by atoms with van der Waals surface area (Å²) < 4.78 is 10.6. The van der Waals surface area contributed by atoms with Gasteiger partial charge in [-0.05, 0) is 58.2 Å². The number of imide groups is 1. The Bertz CT molecular complexity index is 897. The predicted molar refractivity (Wildman–Crippen MR) is 113 cm³/mol. The molecule has 0 radical (unpaired) electrons. The van der Waals surface area contributed by atoms with Gasteiger partial charge in [0.25, 0.3) is 5.91 Å². The number of carbonyl (C=O) groups is 3. The number of hydrogen-bond donors (Lipinski definition) is 3. The molecular formula is C22H30N4O5. The van der Waals surface area contributed by atoms with Crippen molar-refractivity contribution in [2.75, 3.05) is 6.79 Å². The lowest BCUT2D eigenvalue weighted by atomic mass is 9.79. The number of amides is 4. The summed E-state index contributed by atoms with van der Waals surface area (Å²) in [7, 11) is 0. The molecule has 0 spiro atoms. The van der Waals surface area contributed by atoms with Gasteiger partial charge < -0.3 is 25.4 Å². The molecule has 0 bridgehead atoms. The first-order valence-corrected chi connectivity index (χ1v) is 10.6. The van der Waals surface area contributed by atoms with E-state index in [1.807, 2.05) is 0 Å². The highest BCUT2D eigenvalue weighted by atomic mass is 16.7. The summed E-state index contributed by atoms with van der Waals surface area (Å²) in [5.74, 6) is 0.596. The minimum absolute atomic E-state index is 0.00990. The number of piperidine rings is 1. The number of urea groups is 1. The summed E-state index contributed by atoms with van der Waals surface area (Å²) in [6.07, 6.45) is 1.51. The molecule has 4 amide bonds. The monoisotopic (exact) mass is 430 g/mol. The van der Waals surface area contributed by atoms with Gasteiger partial charge in [-0.3, -0.25) is 14.5 Å². The van der Waals surface area contributed by atoms with E-state index in [1.54, 1.807) is 18.2 Å². The third kappa shape index (κ3) is 4.76. The van der Waals surface area contributed by atoms with Crippen molar-refractivity contribution < 1.29 is 23.9 Å². The van der Waals surface area contributed by atoms with E-state index >= 15 is 0 Å². The van der Waals surface area contributed by atoms with Crippen LogP contribution in [0.15, 0.2) is 18.2 Å². The maximum Gasteiger partial charge on any atom is 0.325 e. The Kier molecular flexibility index (Phi) is 5.33. The first-order chi connectivity index (χ1) is 14.5. The number of rotatable bonds is 5. The number of fused-ring (bicyclic) bond motifs is 1. The summed E-state index contributed by atoms with van der Waals surface area (Å²) in [5.41, 5.74) is 0.550. The van der Waals surface area contributed by atoms with Crippen molar-refractivity contribution in [2.24, 2.45) is 0 Å². The molecule has 3 aliphatic heterocycles. The first kappa shape index (κ1) is 21.4. The van der Waals surface area contributed by atoms with Crippen LogP contribution in [0.4, 0.5) is 4.79 Å². The Morgan fingerprint density at radius 1 is 1.13 bits per heavy atom. The van der Waals surface area contributed by atoms with Gasteiger partial charge in [-0.1, -0.05) is 6.07 Å². The van der Waals surface area contributed by atoms with E-state index in [1.165, 1.54) is 0 Å². The highest BCUT2D eigenvalue weighted by molar-refractivity contribution is 6.05. The van der Waals surface area contributed by atoms with E-state index in [0.29, 0.717) is 11.5 Å². The fraction of sp³-hybridized carbons (Fsp3) is 0.591. The van der Waals surface area contributed by atoms with Gasteiger partial charge in [0.1, 0.15) is 6.04 Å². The van der Waals surface area contributed by atoms with Crippen LogP contribution < -0.4 is 25.4 Å². The molecule has 2 fully saturated rings. The smallest absolute Gasteiger partial charge is 0.325 e. The zero-order valence-electron chi connectivity index (χ0n) is 18.4. The van der Waals surface area contributed by atoms with Gasteiger partial charge in [0.2, 0.25) is 12.7 Å². The van der Waals surface area contributed by atoms with Gasteiger partial charge in [-0.15, -0.1) is 0 Å². The molecular weight excluding hydrogens is 400 g/mol. The molecule has 0 unspecified atom stereocenters. The highest BCUT2D eigenvalue weighted by Gasteiger charge is 2.41. The number of benzene rings is 1. The summed E-state index contributed by atoms with van der Waals surface area (Å²) >= 11 is 0. The largest absolute Gasteiger partial charge is 0.454 e. The number of ether oxygens (including phenoxy) is 2. The van der Waals surface area contributed by atoms with E-state index in [-0.39, 0.29) is 42.8 Å². The van der Waals surface area contributed by atoms with Gasteiger partial charge in [0, 0.05) is 17.1 Å². The molecule has 1 aromatic rings. The topological polar surface area (TPSA) is 109 Å². The summed E-state index contributed by atoms with van der Waals surface area (Å²) in [5, 5.41) is 9.27. The summed E-state index contributed by atoms with van der Waals surface area (Å²) in [4.78, 5) is 38.9. The molecule has 9 nitrogen and oxygen atoms in total. The fourth-order valence-electron chi connectivity index (χ4n) is 4.98. The minimum atomic E-state index is -0.857. The normalized spacial score (nSPS) is 24.3. The molecule has 168 valence electrons. The van der Waals surface area contributed by atoms with Crippen LogP contribution in [-0.4, -0.2) is 52.7 Å². The van der Waals surface area contributed by atoms with Gasteiger partial charge in [-0.25, -0.2) is 4.79 Å². The molecule has 0 aliphatic carbocycles. The van der Waals surface area contributed by atoms with Crippen LogP contribution in [0.2, 0.25) is 0 Å². The van der Waals surface area contributed by atoms with Crippen molar-refractivity contribution in [1.29, 1.82) is 0 Å². The van der Waals surface area contributed by atoms with Gasteiger partial charge in [-0.2, -0.15) is 0 Å². The molecule has 1 aromatic carbocycles. The third-order valence-electron chi connectivity index (χ3n) is 5.83. The molecule has 3 heterocycles. The van der Waals surface area contributed by atoms with Crippen LogP contribution in [0.3, 0.4) is 0 Å². The van der Waals surface area contributed by atoms with Crippen LogP contribution >= 0.6 is 0 Å². The fourth-order valence-corrected chi connectivity index (χ4v) is 4.98. The number of nitrogens with one attached hydrogen (secondary N) is 3. The zero-order valence-corrected chi connectivity index (χ0v) is 18.4.